The number of aromatic hydroxyl groups is 1. The van der Waals surface area contributed by atoms with Gasteiger partial charge < -0.3 is 14.6 Å². The van der Waals surface area contributed by atoms with Gasteiger partial charge in [-0.15, -0.1) is 0 Å². The van der Waals surface area contributed by atoms with Gasteiger partial charge in [0.1, 0.15) is 11.5 Å². The SMILES string of the molecule is C=C(CC1COc2cc(O)ccc21)OC. The third-order valence-electron chi connectivity index (χ3n) is 2.64. The smallest absolute Gasteiger partial charge is 0.126 e. The highest BCUT2D eigenvalue weighted by molar-refractivity contribution is 5.45. The lowest BCUT2D eigenvalue weighted by atomic mass is 9.97. The molecule has 1 aromatic carbocycles. The van der Waals surface area contributed by atoms with Gasteiger partial charge in [-0.3, -0.25) is 0 Å². The molecule has 1 atom stereocenters. The zero-order chi connectivity index (χ0) is 10.8. The monoisotopic (exact) mass is 206 g/mol. The highest BCUT2D eigenvalue weighted by atomic mass is 16.5. The molecule has 0 saturated carbocycles. The highest BCUT2D eigenvalue weighted by Gasteiger charge is 2.25. The van der Waals surface area contributed by atoms with Crippen LogP contribution in [-0.4, -0.2) is 18.8 Å². The maximum Gasteiger partial charge on any atom is 0.126 e. The van der Waals surface area contributed by atoms with E-state index >= 15 is 0 Å². The molecule has 3 nitrogen and oxygen atoms in total. The normalized spacial score (nSPS) is 18.1. The number of phenols is 1. The van der Waals surface area contributed by atoms with Crippen molar-refractivity contribution >= 4 is 0 Å². The molecule has 1 aliphatic heterocycles. The van der Waals surface area contributed by atoms with Crippen molar-refractivity contribution in [3.63, 3.8) is 0 Å². The van der Waals surface area contributed by atoms with Gasteiger partial charge in [0.2, 0.25) is 0 Å². The molecule has 0 aromatic heterocycles. The van der Waals surface area contributed by atoms with Crippen LogP contribution in [0.1, 0.15) is 17.9 Å². The summed E-state index contributed by atoms with van der Waals surface area (Å²) in [5.74, 6) is 2.04. The Balaban J connectivity index is 2.18. The molecule has 0 radical (unpaired) electrons. The maximum atomic E-state index is 9.29. The molecular weight excluding hydrogens is 192 g/mol. The van der Waals surface area contributed by atoms with Crippen molar-refractivity contribution in [2.24, 2.45) is 0 Å². The number of benzene rings is 1. The third kappa shape index (κ3) is 1.91. The third-order valence-corrected chi connectivity index (χ3v) is 2.64. The quantitative estimate of drug-likeness (QED) is 0.772. The molecule has 0 bridgehead atoms. The lowest BCUT2D eigenvalue weighted by Crippen LogP contribution is -2.02. The van der Waals surface area contributed by atoms with Crippen molar-refractivity contribution in [2.45, 2.75) is 12.3 Å². The van der Waals surface area contributed by atoms with E-state index in [4.69, 9.17) is 9.47 Å². The van der Waals surface area contributed by atoms with Crippen LogP contribution in [0.2, 0.25) is 0 Å². The average molecular weight is 206 g/mol. The van der Waals surface area contributed by atoms with Crippen LogP contribution in [0, 0.1) is 0 Å². The van der Waals surface area contributed by atoms with Crippen LogP contribution in [-0.2, 0) is 4.74 Å². The number of rotatable bonds is 3. The molecule has 15 heavy (non-hydrogen) atoms. The summed E-state index contributed by atoms with van der Waals surface area (Å²) in [5.41, 5.74) is 1.12. The van der Waals surface area contributed by atoms with E-state index < -0.39 is 0 Å². The van der Waals surface area contributed by atoms with Crippen LogP contribution in [0.15, 0.2) is 30.5 Å². The van der Waals surface area contributed by atoms with Crippen molar-refractivity contribution in [2.75, 3.05) is 13.7 Å². The van der Waals surface area contributed by atoms with Crippen LogP contribution in [0.3, 0.4) is 0 Å². The molecule has 1 aliphatic rings. The van der Waals surface area contributed by atoms with Crippen molar-refractivity contribution in [3.05, 3.63) is 36.1 Å². The molecular formula is C12H14O3. The Labute approximate surface area is 88.9 Å². The molecule has 80 valence electrons. The fraction of sp³-hybridized carbons (Fsp3) is 0.333. The summed E-state index contributed by atoms with van der Waals surface area (Å²) in [4.78, 5) is 0. The highest BCUT2D eigenvalue weighted by Crippen LogP contribution is 2.38. The average Bonchev–Trinajstić information content (AvgIpc) is 2.60. The number of fused-ring (bicyclic) bond motifs is 1. The Kier molecular flexibility index (Phi) is 2.54. The Morgan fingerprint density at radius 2 is 2.47 bits per heavy atom. The summed E-state index contributed by atoms with van der Waals surface area (Å²) in [6.07, 6.45) is 0.758. The Morgan fingerprint density at radius 3 is 3.20 bits per heavy atom. The van der Waals surface area contributed by atoms with Crippen LogP contribution >= 0.6 is 0 Å². The van der Waals surface area contributed by atoms with Gasteiger partial charge in [-0.05, 0) is 6.07 Å². The zero-order valence-electron chi connectivity index (χ0n) is 8.69. The molecule has 1 aromatic rings. The van der Waals surface area contributed by atoms with Crippen LogP contribution in [0.25, 0.3) is 0 Å². The predicted octanol–water partition coefficient (Wildman–Crippen LogP) is 2.42. The first-order chi connectivity index (χ1) is 7.20. The van der Waals surface area contributed by atoms with Crippen LogP contribution in [0.5, 0.6) is 11.5 Å². The van der Waals surface area contributed by atoms with E-state index in [1.54, 1.807) is 19.2 Å². The van der Waals surface area contributed by atoms with E-state index in [1.807, 2.05) is 6.07 Å². The number of hydrogen-bond donors (Lipinski definition) is 1. The largest absolute Gasteiger partial charge is 0.508 e. The van der Waals surface area contributed by atoms with E-state index in [-0.39, 0.29) is 11.7 Å². The van der Waals surface area contributed by atoms with E-state index in [1.165, 1.54) is 0 Å². The lowest BCUT2D eigenvalue weighted by Gasteiger charge is -2.09. The maximum absolute atomic E-state index is 9.29. The number of allylic oxidation sites excluding steroid dienone is 1. The van der Waals surface area contributed by atoms with Gasteiger partial charge in [0.25, 0.3) is 0 Å². The van der Waals surface area contributed by atoms with Gasteiger partial charge in [-0.25, -0.2) is 0 Å². The van der Waals surface area contributed by atoms with Gasteiger partial charge in [0.15, 0.2) is 0 Å². The van der Waals surface area contributed by atoms with Gasteiger partial charge in [-0.1, -0.05) is 12.6 Å². The topological polar surface area (TPSA) is 38.7 Å². The summed E-state index contributed by atoms with van der Waals surface area (Å²) >= 11 is 0. The van der Waals surface area contributed by atoms with Gasteiger partial charge in [0.05, 0.1) is 19.5 Å². The minimum atomic E-state index is 0.236. The molecule has 2 rings (SSSR count). The van der Waals surface area contributed by atoms with Crippen molar-refractivity contribution in [1.82, 2.24) is 0 Å². The van der Waals surface area contributed by atoms with Crippen LogP contribution in [0.4, 0.5) is 0 Å². The van der Waals surface area contributed by atoms with E-state index in [0.29, 0.717) is 6.61 Å². The number of ether oxygens (including phenoxy) is 2. The first kappa shape index (κ1) is 9.90. The predicted molar refractivity (Wildman–Crippen MR) is 57.1 cm³/mol. The number of hydrogen-bond acceptors (Lipinski definition) is 3. The summed E-state index contributed by atoms with van der Waals surface area (Å²) in [5, 5.41) is 9.29. The van der Waals surface area contributed by atoms with Crippen LogP contribution < -0.4 is 4.74 Å². The van der Waals surface area contributed by atoms with Gasteiger partial charge in [-0.2, -0.15) is 0 Å². The minimum absolute atomic E-state index is 0.236. The van der Waals surface area contributed by atoms with Crippen molar-refractivity contribution in [1.29, 1.82) is 0 Å². The molecule has 0 saturated heterocycles. The van der Waals surface area contributed by atoms with Gasteiger partial charge >= 0.3 is 0 Å². The lowest BCUT2D eigenvalue weighted by molar-refractivity contribution is 0.258. The molecule has 1 N–H and O–H groups in total. The number of phenolic OH excluding ortho intramolecular Hbond substituents is 1. The molecule has 1 unspecified atom stereocenters. The standard InChI is InChI=1S/C12H14O3/c1-8(14-2)5-9-7-15-12-6-10(13)3-4-11(9)12/h3-4,6,9,13H,1,5,7H2,2H3. The molecule has 1 heterocycles. The minimum Gasteiger partial charge on any atom is -0.508 e. The fourth-order valence-electron chi connectivity index (χ4n) is 1.79. The van der Waals surface area contributed by atoms with E-state index in [9.17, 15) is 5.11 Å². The summed E-state index contributed by atoms with van der Waals surface area (Å²) in [7, 11) is 1.62. The molecule has 0 spiro atoms. The second kappa shape index (κ2) is 3.85. The molecule has 0 amide bonds. The first-order valence-electron chi connectivity index (χ1n) is 4.88. The van der Waals surface area contributed by atoms with Crippen molar-refractivity contribution in [3.8, 4) is 11.5 Å². The van der Waals surface area contributed by atoms with E-state index in [2.05, 4.69) is 6.58 Å². The van der Waals surface area contributed by atoms with Crippen molar-refractivity contribution < 1.29 is 14.6 Å². The number of methoxy groups -OCH3 is 1. The second-order valence-electron chi connectivity index (χ2n) is 3.68. The van der Waals surface area contributed by atoms with Gasteiger partial charge in [0, 0.05) is 24.0 Å². The Morgan fingerprint density at radius 1 is 1.67 bits per heavy atom. The van der Waals surface area contributed by atoms with E-state index in [0.717, 1.165) is 23.5 Å². The Bertz CT molecular complexity index is 384. The molecule has 0 fully saturated rings. The first-order valence-corrected chi connectivity index (χ1v) is 4.88. The Hall–Kier alpha value is -1.64. The summed E-state index contributed by atoms with van der Waals surface area (Å²) < 4.78 is 10.5. The zero-order valence-corrected chi connectivity index (χ0v) is 8.69. The fourth-order valence-corrected chi connectivity index (χ4v) is 1.79. The molecule has 3 heteroatoms. The summed E-state index contributed by atoms with van der Waals surface area (Å²) in [6.45, 7) is 4.43. The summed E-state index contributed by atoms with van der Waals surface area (Å²) in [6, 6.07) is 5.21. The molecule has 0 aliphatic carbocycles. The second-order valence-corrected chi connectivity index (χ2v) is 3.68.